The first-order valence-corrected chi connectivity index (χ1v) is 4.22. The molecule has 1 atom stereocenters. The lowest BCUT2D eigenvalue weighted by Gasteiger charge is -2.24. The zero-order chi connectivity index (χ0) is 9.73. The van der Waals surface area contributed by atoms with Crippen LogP contribution in [0.5, 0.6) is 0 Å². The summed E-state index contributed by atoms with van der Waals surface area (Å²) < 4.78 is 1.63. The van der Waals surface area contributed by atoms with E-state index in [0.29, 0.717) is 13.1 Å². The highest BCUT2D eigenvalue weighted by Gasteiger charge is 2.21. The predicted molar refractivity (Wildman–Crippen MR) is 46.7 cm³/mol. The van der Waals surface area contributed by atoms with Crippen molar-refractivity contribution in [3.05, 3.63) is 6.33 Å². The second kappa shape index (κ2) is 4.29. The second-order valence-corrected chi connectivity index (χ2v) is 3.50. The van der Waals surface area contributed by atoms with Crippen LogP contribution in [0.4, 0.5) is 0 Å². The minimum Gasteiger partial charge on any atom is -0.396 e. The molecule has 0 bridgehead atoms. The van der Waals surface area contributed by atoms with Gasteiger partial charge < -0.3 is 10.8 Å². The molecule has 6 nitrogen and oxygen atoms in total. The van der Waals surface area contributed by atoms with Gasteiger partial charge in [-0.15, -0.1) is 5.10 Å². The number of rotatable bonds is 5. The second-order valence-electron chi connectivity index (χ2n) is 3.50. The summed E-state index contributed by atoms with van der Waals surface area (Å²) in [6.45, 7) is 3.18. The van der Waals surface area contributed by atoms with Crippen LogP contribution < -0.4 is 5.73 Å². The summed E-state index contributed by atoms with van der Waals surface area (Å²) in [4.78, 5) is 0. The highest BCUT2D eigenvalue weighted by Crippen LogP contribution is 2.18. The fraction of sp³-hybridized carbons (Fsp3) is 0.857. The van der Waals surface area contributed by atoms with Crippen LogP contribution in [0.3, 0.4) is 0 Å². The zero-order valence-electron chi connectivity index (χ0n) is 7.72. The van der Waals surface area contributed by atoms with Gasteiger partial charge in [0, 0.05) is 18.6 Å². The molecule has 6 heteroatoms. The summed E-state index contributed by atoms with van der Waals surface area (Å²) in [5.41, 5.74) is 5.31. The van der Waals surface area contributed by atoms with Crippen LogP contribution in [0.25, 0.3) is 0 Å². The van der Waals surface area contributed by atoms with Crippen molar-refractivity contribution < 1.29 is 5.11 Å². The quantitative estimate of drug-likeness (QED) is 0.615. The Morgan fingerprint density at radius 3 is 2.85 bits per heavy atom. The Kier molecular flexibility index (Phi) is 3.32. The molecule has 74 valence electrons. The van der Waals surface area contributed by atoms with Gasteiger partial charge in [0.2, 0.25) is 0 Å². The van der Waals surface area contributed by atoms with Crippen LogP contribution in [0.2, 0.25) is 0 Å². The van der Waals surface area contributed by atoms with Crippen LogP contribution in [0.15, 0.2) is 6.33 Å². The van der Waals surface area contributed by atoms with E-state index in [-0.39, 0.29) is 12.0 Å². The van der Waals surface area contributed by atoms with Gasteiger partial charge in [-0.3, -0.25) is 0 Å². The largest absolute Gasteiger partial charge is 0.396 e. The fourth-order valence-corrected chi connectivity index (χ4v) is 0.913. The van der Waals surface area contributed by atoms with E-state index in [1.54, 1.807) is 11.0 Å². The third-order valence-electron chi connectivity index (χ3n) is 2.21. The molecule has 1 rings (SSSR count). The molecular weight excluding hydrogens is 170 g/mol. The number of hydrogen-bond acceptors (Lipinski definition) is 5. The predicted octanol–water partition coefficient (Wildman–Crippen LogP) is -0.979. The third kappa shape index (κ3) is 2.74. The average molecular weight is 185 g/mol. The van der Waals surface area contributed by atoms with E-state index in [9.17, 15) is 0 Å². The van der Waals surface area contributed by atoms with Gasteiger partial charge in [-0.05, 0) is 23.4 Å². The van der Waals surface area contributed by atoms with E-state index in [1.807, 2.05) is 6.92 Å². The number of aryl methyl sites for hydroxylation is 1. The van der Waals surface area contributed by atoms with Crippen molar-refractivity contribution in [1.29, 1.82) is 0 Å². The Morgan fingerprint density at radius 1 is 1.62 bits per heavy atom. The molecule has 1 heterocycles. The molecule has 0 aromatic carbocycles. The smallest absolute Gasteiger partial charge is 0.138 e. The average Bonchev–Trinajstić information content (AvgIpc) is 2.67. The van der Waals surface area contributed by atoms with Gasteiger partial charge >= 0.3 is 0 Å². The lowest BCUT2D eigenvalue weighted by molar-refractivity contribution is 0.133. The van der Waals surface area contributed by atoms with Gasteiger partial charge in [-0.2, -0.15) is 0 Å². The molecule has 0 aliphatic carbocycles. The van der Waals surface area contributed by atoms with Gasteiger partial charge in [0.15, 0.2) is 0 Å². The number of hydrogen-bond donors (Lipinski definition) is 2. The lowest BCUT2D eigenvalue weighted by atomic mass is 9.88. The molecular formula is C7H15N5O. The van der Waals surface area contributed by atoms with E-state index in [1.165, 1.54) is 0 Å². The maximum absolute atomic E-state index is 9.07. The van der Waals surface area contributed by atoms with Crippen LogP contribution in [0.1, 0.15) is 13.3 Å². The van der Waals surface area contributed by atoms with Crippen molar-refractivity contribution in [2.24, 2.45) is 11.1 Å². The van der Waals surface area contributed by atoms with E-state index in [4.69, 9.17) is 10.8 Å². The van der Waals surface area contributed by atoms with Crippen molar-refractivity contribution in [3.63, 3.8) is 0 Å². The molecule has 0 aliphatic rings. The van der Waals surface area contributed by atoms with E-state index < -0.39 is 0 Å². The Balaban J connectivity index is 2.41. The van der Waals surface area contributed by atoms with E-state index in [0.717, 1.165) is 6.42 Å². The van der Waals surface area contributed by atoms with Gasteiger partial charge in [0.1, 0.15) is 6.33 Å². The maximum Gasteiger partial charge on any atom is 0.138 e. The van der Waals surface area contributed by atoms with Crippen LogP contribution in [-0.4, -0.2) is 38.5 Å². The lowest BCUT2D eigenvalue weighted by Crippen LogP contribution is -2.32. The number of aliphatic hydroxyl groups excluding tert-OH is 1. The first-order valence-electron chi connectivity index (χ1n) is 4.22. The normalized spacial score (nSPS) is 15.6. The molecule has 0 fully saturated rings. The van der Waals surface area contributed by atoms with Gasteiger partial charge in [0.25, 0.3) is 0 Å². The third-order valence-corrected chi connectivity index (χ3v) is 2.21. The number of aliphatic hydroxyl groups is 1. The van der Waals surface area contributed by atoms with Gasteiger partial charge in [0.05, 0.1) is 0 Å². The molecule has 0 saturated carbocycles. The highest BCUT2D eigenvalue weighted by molar-refractivity contribution is 4.73. The van der Waals surface area contributed by atoms with Crippen molar-refractivity contribution in [2.45, 2.75) is 19.9 Å². The Bertz CT molecular complexity index is 231. The van der Waals surface area contributed by atoms with E-state index in [2.05, 4.69) is 15.5 Å². The molecule has 3 N–H and O–H groups in total. The van der Waals surface area contributed by atoms with Gasteiger partial charge in [-0.1, -0.05) is 6.92 Å². The first kappa shape index (κ1) is 10.1. The topological polar surface area (TPSA) is 89.8 Å². The molecule has 0 radical (unpaired) electrons. The monoisotopic (exact) mass is 185 g/mol. The molecule has 0 saturated heterocycles. The van der Waals surface area contributed by atoms with Crippen LogP contribution in [-0.2, 0) is 6.54 Å². The Hall–Kier alpha value is -1.01. The van der Waals surface area contributed by atoms with Crippen LogP contribution >= 0.6 is 0 Å². The number of nitrogens with zero attached hydrogens (tertiary/aromatic N) is 4. The Labute approximate surface area is 76.7 Å². The summed E-state index contributed by atoms with van der Waals surface area (Å²) >= 11 is 0. The summed E-state index contributed by atoms with van der Waals surface area (Å²) in [5, 5.41) is 19.8. The summed E-state index contributed by atoms with van der Waals surface area (Å²) in [7, 11) is 0. The van der Waals surface area contributed by atoms with Crippen molar-refractivity contribution in [2.75, 3.05) is 13.2 Å². The minimum atomic E-state index is -0.230. The van der Waals surface area contributed by atoms with E-state index >= 15 is 0 Å². The molecule has 1 unspecified atom stereocenters. The van der Waals surface area contributed by atoms with Gasteiger partial charge in [-0.25, -0.2) is 4.68 Å². The molecule has 1 aromatic rings. The highest BCUT2D eigenvalue weighted by atomic mass is 16.3. The molecule has 1 aromatic heterocycles. The number of aromatic nitrogens is 4. The first-order chi connectivity index (χ1) is 6.20. The van der Waals surface area contributed by atoms with Crippen molar-refractivity contribution >= 4 is 0 Å². The molecule has 0 amide bonds. The summed E-state index contributed by atoms with van der Waals surface area (Å²) in [5.74, 6) is 0. The minimum absolute atomic E-state index is 0.0889. The standard InChI is InChI=1S/C7H15N5O/c1-7(4-8,5-13)2-3-12-6-9-10-11-12/h6,13H,2-5,8H2,1H3. The SMILES string of the molecule is CC(CN)(CO)CCn1cnnn1. The Morgan fingerprint density at radius 2 is 2.38 bits per heavy atom. The maximum atomic E-state index is 9.07. The zero-order valence-corrected chi connectivity index (χ0v) is 7.72. The number of nitrogens with two attached hydrogens (primary N) is 1. The van der Waals surface area contributed by atoms with Crippen LogP contribution in [0, 0.1) is 5.41 Å². The molecule has 13 heavy (non-hydrogen) atoms. The summed E-state index contributed by atoms with van der Waals surface area (Å²) in [6, 6.07) is 0. The number of tetrazole rings is 1. The summed E-state index contributed by atoms with van der Waals surface area (Å²) in [6.07, 6.45) is 2.32. The van der Waals surface area contributed by atoms with Crippen molar-refractivity contribution in [1.82, 2.24) is 20.2 Å². The van der Waals surface area contributed by atoms with Crippen molar-refractivity contribution in [3.8, 4) is 0 Å². The molecule has 0 spiro atoms. The fourth-order valence-electron chi connectivity index (χ4n) is 0.913. The molecule has 0 aliphatic heterocycles.